The van der Waals surface area contributed by atoms with Crippen LogP contribution in [0.2, 0.25) is 0 Å². The van der Waals surface area contributed by atoms with E-state index in [4.69, 9.17) is 4.74 Å². The summed E-state index contributed by atoms with van der Waals surface area (Å²) in [5.41, 5.74) is -0.403. The molecule has 2 aliphatic rings. The quantitative estimate of drug-likeness (QED) is 0.742. The molecular weight excluding hydrogens is 266 g/mol. The zero-order valence-electron chi connectivity index (χ0n) is 14.1. The third-order valence-electron chi connectivity index (χ3n) is 4.40. The van der Waals surface area contributed by atoms with Crippen molar-refractivity contribution >= 4 is 6.09 Å². The highest BCUT2D eigenvalue weighted by molar-refractivity contribution is 5.68. The number of carbonyl (C=O) groups excluding carboxylic acids is 1. The average molecular weight is 297 g/mol. The van der Waals surface area contributed by atoms with Gasteiger partial charge in [0.1, 0.15) is 5.60 Å². The van der Waals surface area contributed by atoms with Gasteiger partial charge in [-0.3, -0.25) is 4.90 Å². The van der Waals surface area contributed by atoms with E-state index in [0.717, 1.165) is 52.1 Å². The summed E-state index contributed by atoms with van der Waals surface area (Å²) in [7, 11) is 2.19. The van der Waals surface area contributed by atoms with Crippen molar-refractivity contribution < 1.29 is 9.53 Å². The van der Waals surface area contributed by atoms with Gasteiger partial charge in [0.05, 0.1) is 0 Å². The Morgan fingerprint density at radius 3 is 2.29 bits per heavy atom. The molecule has 0 aromatic heterocycles. The van der Waals surface area contributed by atoms with E-state index in [2.05, 4.69) is 16.8 Å². The number of rotatable bonds is 1. The molecule has 0 saturated carbocycles. The molecule has 2 rings (SSSR count). The van der Waals surface area contributed by atoms with Gasteiger partial charge in [0.15, 0.2) is 0 Å². The minimum absolute atomic E-state index is 0.151. The van der Waals surface area contributed by atoms with Gasteiger partial charge in [0.25, 0.3) is 0 Å². The fourth-order valence-corrected chi connectivity index (χ4v) is 3.14. The lowest BCUT2D eigenvalue weighted by Gasteiger charge is -2.37. The van der Waals surface area contributed by atoms with Crippen molar-refractivity contribution in [2.45, 2.75) is 51.7 Å². The van der Waals surface area contributed by atoms with E-state index in [1.165, 1.54) is 6.42 Å². The third-order valence-corrected chi connectivity index (χ3v) is 4.40. The largest absolute Gasteiger partial charge is 0.444 e. The fourth-order valence-electron chi connectivity index (χ4n) is 3.14. The Hall–Kier alpha value is -0.810. The summed E-state index contributed by atoms with van der Waals surface area (Å²) >= 11 is 0. The number of hydrogen-bond donors (Lipinski definition) is 0. The van der Waals surface area contributed by atoms with Gasteiger partial charge in [-0.05, 0) is 47.1 Å². The molecule has 0 aromatic rings. The number of ether oxygens (including phenoxy) is 1. The second-order valence-corrected chi connectivity index (χ2v) is 7.39. The first-order valence-corrected chi connectivity index (χ1v) is 8.26. The molecule has 2 aliphatic heterocycles. The Morgan fingerprint density at radius 2 is 1.67 bits per heavy atom. The molecule has 21 heavy (non-hydrogen) atoms. The van der Waals surface area contributed by atoms with Crippen LogP contribution in [0.25, 0.3) is 0 Å². The highest BCUT2D eigenvalue weighted by atomic mass is 16.6. The zero-order valence-corrected chi connectivity index (χ0v) is 14.1. The molecule has 0 spiro atoms. The summed E-state index contributed by atoms with van der Waals surface area (Å²) in [6.45, 7) is 12.1. The van der Waals surface area contributed by atoms with Crippen LogP contribution in [0.1, 0.15) is 40.0 Å². The maximum absolute atomic E-state index is 12.2. The summed E-state index contributed by atoms with van der Waals surface area (Å²) in [6, 6.07) is 0.631. The van der Waals surface area contributed by atoms with E-state index in [1.807, 2.05) is 25.7 Å². The minimum atomic E-state index is -0.403. The predicted molar refractivity (Wildman–Crippen MR) is 84.5 cm³/mol. The number of nitrogens with zero attached hydrogens (tertiary/aromatic N) is 3. The third kappa shape index (κ3) is 5.15. The van der Waals surface area contributed by atoms with Gasteiger partial charge < -0.3 is 14.5 Å². The number of carbonyl (C=O) groups is 1. The lowest BCUT2D eigenvalue weighted by molar-refractivity contribution is 0.0250. The second kappa shape index (κ2) is 6.97. The maximum atomic E-state index is 12.2. The molecule has 1 amide bonds. The molecule has 1 atom stereocenters. The average Bonchev–Trinajstić information content (AvgIpc) is 2.63. The summed E-state index contributed by atoms with van der Waals surface area (Å²) < 4.78 is 5.49. The molecule has 122 valence electrons. The highest BCUT2D eigenvalue weighted by Crippen LogP contribution is 2.20. The van der Waals surface area contributed by atoms with Crippen molar-refractivity contribution in [1.29, 1.82) is 0 Å². The van der Waals surface area contributed by atoms with Crippen molar-refractivity contribution in [2.24, 2.45) is 0 Å². The van der Waals surface area contributed by atoms with Gasteiger partial charge in [-0.2, -0.15) is 0 Å². The van der Waals surface area contributed by atoms with Gasteiger partial charge in [0, 0.05) is 45.3 Å². The van der Waals surface area contributed by atoms with Crippen LogP contribution >= 0.6 is 0 Å². The molecule has 2 saturated heterocycles. The van der Waals surface area contributed by atoms with Gasteiger partial charge in [0.2, 0.25) is 0 Å². The van der Waals surface area contributed by atoms with E-state index < -0.39 is 5.60 Å². The van der Waals surface area contributed by atoms with Crippen molar-refractivity contribution in [1.82, 2.24) is 14.7 Å². The van der Waals surface area contributed by atoms with Gasteiger partial charge >= 0.3 is 6.09 Å². The molecule has 5 heteroatoms. The molecule has 2 fully saturated rings. The van der Waals surface area contributed by atoms with Gasteiger partial charge in [-0.1, -0.05) is 0 Å². The van der Waals surface area contributed by atoms with E-state index in [0.29, 0.717) is 6.04 Å². The zero-order chi connectivity index (χ0) is 15.5. The van der Waals surface area contributed by atoms with Crippen molar-refractivity contribution in [3.63, 3.8) is 0 Å². The first kappa shape index (κ1) is 16.6. The summed E-state index contributed by atoms with van der Waals surface area (Å²) in [5.74, 6) is 0. The first-order chi connectivity index (χ1) is 9.85. The molecule has 0 aliphatic carbocycles. The van der Waals surface area contributed by atoms with Crippen LogP contribution in [0.5, 0.6) is 0 Å². The number of likely N-dealkylation sites (N-methyl/N-ethyl adjacent to an activating group) is 1. The van der Waals surface area contributed by atoms with Crippen LogP contribution in [0.15, 0.2) is 0 Å². The molecule has 0 aromatic carbocycles. The molecule has 1 unspecified atom stereocenters. The number of piperazine rings is 1. The van der Waals surface area contributed by atoms with Gasteiger partial charge in [-0.15, -0.1) is 0 Å². The minimum Gasteiger partial charge on any atom is -0.444 e. The predicted octanol–water partition coefficient (Wildman–Crippen LogP) is 2.02. The summed E-state index contributed by atoms with van der Waals surface area (Å²) in [6.07, 6.45) is 3.20. The summed E-state index contributed by atoms with van der Waals surface area (Å²) in [4.78, 5) is 19.1. The number of amides is 1. The van der Waals surface area contributed by atoms with Crippen molar-refractivity contribution in [3.8, 4) is 0 Å². The standard InChI is InChI=1S/C16H31N3O2/c1-16(2,3)21-15(20)19-8-5-6-14(7-9-19)18-12-10-17(4)11-13-18/h14H,5-13H2,1-4H3. The fraction of sp³-hybridized carbons (Fsp3) is 0.938. The molecule has 0 bridgehead atoms. The second-order valence-electron chi connectivity index (χ2n) is 7.39. The van der Waals surface area contributed by atoms with Gasteiger partial charge in [-0.25, -0.2) is 4.79 Å². The van der Waals surface area contributed by atoms with Crippen LogP contribution in [-0.2, 0) is 4.74 Å². The SMILES string of the molecule is CN1CCN(C2CCCN(C(=O)OC(C)(C)C)CC2)CC1. The number of hydrogen-bond acceptors (Lipinski definition) is 4. The van der Waals surface area contributed by atoms with Crippen molar-refractivity contribution in [2.75, 3.05) is 46.3 Å². The van der Waals surface area contributed by atoms with Crippen LogP contribution in [-0.4, -0.2) is 78.8 Å². The van der Waals surface area contributed by atoms with E-state index in [-0.39, 0.29) is 6.09 Å². The summed E-state index contributed by atoms with van der Waals surface area (Å²) in [5, 5.41) is 0. The molecule has 0 N–H and O–H groups in total. The Labute approximate surface area is 129 Å². The van der Waals surface area contributed by atoms with Crippen LogP contribution in [0.4, 0.5) is 4.79 Å². The lowest BCUT2D eigenvalue weighted by Crippen LogP contribution is -2.49. The van der Waals surface area contributed by atoms with E-state index >= 15 is 0 Å². The monoisotopic (exact) mass is 297 g/mol. The van der Waals surface area contributed by atoms with E-state index in [9.17, 15) is 4.79 Å². The maximum Gasteiger partial charge on any atom is 0.410 e. The van der Waals surface area contributed by atoms with Crippen LogP contribution < -0.4 is 0 Å². The van der Waals surface area contributed by atoms with Crippen molar-refractivity contribution in [3.05, 3.63) is 0 Å². The van der Waals surface area contributed by atoms with Crippen LogP contribution in [0, 0.1) is 0 Å². The van der Waals surface area contributed by atoms with Crippen LogP contribution in [0.3, 0.4) is 0 Å². The molecule has 2 heterocycles. The Morgan fingerprint density at radius 1 is 1.00 bits per heavy atom. The smallest absolute Gasteiger partial charge is 0.410 e. The Bertz CT molecular complexity index is 346. The topological polar surface area (TPSA) is 36.0 Å². The molecule has 0 radical (unpaired) electrons. The highest BCUT2D eigenvalue weighted by Gasteiger charge is 2.28. The van der Waals surface area contributed by atoms with E-state index in [1.54, 1.807) is 0 Å². The molecular formula is C16H31N3O2. The normalized spacial score (nSPS) is 26.5. The lowest BCUT2D eigenvalue weighted by atomic mass is 10.1. The number of likely N-dealkylation sites (tertiary alicyclic amines) is 1. The Kier molecular flexibility index (Phi) is 5.49. The Balaban J connectivity index is 1.83. The molecule has 5 nitrogen and oxygen atoms in total. The first-order valence-electron chi connectivity index (χ1n) is 8.26.